The van der Waals surface area contributed by atoms with Crippen molar-refractivity contribution in [1.82, 2.24) is 10.2 Å². The Morgan fingerprint density at radius 2 is 2.25 bits per heavy atom. The van der Waals surface area contributed by atoms with Crippen LogP contribution in [-0.4, -0.2) is 22.6 Å². The number of nitrogens with one attached hydrogen (secondary N) is 2. The molecule has 0 spiro atoms. The maximum atomic E-state index is 12.0. The number of nitrogens with zero attached hydrogens (tertiary/aromatic N) is 2. The Kier molecular flexibility index (Phi) is 5.55. The normalized spacial score (nSPS) is 10.3. The fraction of sp³-hybridized carbons (Fsp3) is 0.250. The van der Waals surface area contributed by atoms with Crippen molar-refractivity contribution in [3.05, 3.63) is 31.8 Å². The molecular formula is C12H12ClIN4OS. The van der Waals surface area contributed by atoms with E-state index in [2.05, 4.69) is 50.3 Å². The maximum absolute atomic E-state index is 12.0. The van der Waals surface area contributed by atoms with Crippen LogP contribution in [0.3, 0.4) is 0 Å². The standard InChI is InChI=1S/C12H12ClIN4OS/c1-2-5-15-12-18-17-11(20-12)10(19)16-9-4-3-7(14)6-8(9)13/h3-4,6H,2,5H2,1H3,(H,15,18)(H,16,19). The third-order valence-corrected chi connectivity index (χ3v) is 4.19. The largest absolute Gasteiger partial charge is 0.360 e. The fourth-order valence-electron chi connectivity index (χ4n) is 1.38. The van der Waals surface area contributed by atoms with Gasteiger partial charge in [0, 0.05) is 10.1 Å². The monoisotopic (exact) mass is 422 g/mol. The van der Waals surface area contributed by atoms with Gasteiger partial charge in [0.2, 0.25) is 10.1 Å². The molecule has 106 valence electrons. The smallest absolute Gasteiger partial charge is 0.286 e. The van der Waals surface area contributed by atoms with Crippen LogP contribution in [0.4, 0.5) is 10.8 Å². The molecule has 1 aromatic heterocycles. The summed E-state index contributed by atoms with van der Waals surface area (Å²) in [5, 5.41) is 15.0. The first-order valence-corrected chi connectivity index (χ1v) is 8.21. The molecule has 2 rings (SSSR count). The van der Waals surface area contributed by atoms with Gasteiger partial charge in [0.1, 0.15) is 0 Å². The van der Waals surface area contributed by atoms with Gasteiger partial charge in [-0.1, -0.05) is 29.9 Å². The van der Waals surface area contributed by atoms with Gasteiger partial charge in [-0.15, -0.1) is 10.2 Å². The Bertz CT molecular complexity index is 619. The number of carbonyl (C=O) groups excluding carboxylic acids is 1. The van der Waals surface area contributed by atoms with Crippen LogP contribution in [0.2, 0.25) is 5.02 Å². The molecule has 0 radical (unpaired) electrons. The molecule has 0 atom stereocenters. The van der Waals surface area contributed by atoms with Crippen LogP contribution in [0, 0.1) is 3.57 Å². The van der Waals surface area contributed by atoms with Crippen LogP contribution < -0.4 is 10.6 Å². The molecular weight excluding hydrogens is 411 g/mol. The van der Waals surface area contributed by atoms with Gasteiger partial charge in [-0.2, -0.15) is 0 Å². The minimum Gasteiger partial charge on any atom is -0.360 e. The molecule has 0 fully saturated rings. The molecule has 2 aromatic rings. The third kappa shape index (κ3) is 4.03. The average molecular weight is 423 g/mol. The lowest BCUT2D eigenvalue weighted by atomic mass is 10.3. The summed E-state index contributed by atoms with van der Waals surface area (Å²) < 4.78 is 1.01. The molecule has 2 N–H and O–H groups in total. The summed E-state index contributed by atoms with van der Waals surface area (Å²) in [6.45, 7) is 2.86. The second kappa shape index (κ2) is 7.19. The summed E-state index contributed by atoms with van der Waals surface area (Å²) in [7, 11) is 0. The van der Waals surface area contributed by atoms with E-state index in [0.29, 0.717) is 20.8 Å². The maximum Gasteiger partial charge on any atom is 0.286 e. The van der Waals surface area contributed by atoms with Crippen LogP contribution in [0.1, 0.15) is 23.1 Å². The van der Waals surface area contributed by atoms with E-state index in [-0.39, 0.29) is 5.91 Å². The zero-order valence-corrected chi connectivity index (χ0v) is 14.3. The Morgan fingerprint density at radius 3 is 2.95 bits per heavy atom. The molecule has 0 aliphatic heterocycles. The van der Waals surface area contributed by atoms with Crippen molar-refractivity contribution in [3.63, 3.8) is 0 Å². The summed E-state index contributed by atoms with van der Waals surface area (Å²) in [6.07, 6.45) is 0.985. The van der Waals surface area contributed by atoms with E-state index in [1.165, 1.54) is 11.3 Å². The molecule has 0 aliphatic carbocycles. The summed E-state index contributed by atoms with van der Waals surface area (Å²) in [4.78, 5) is 12.0. The van der Waals surface area contributed by atoms with E-state index in [1.807, 2.05) is 6.07 Å². The first-order chi connectivity index (χ1) is 9.60. The molecule has 8 heteroatoms. The topological polar surface area (TPSA) is 66.9 Å². The van der Waals surface area contributed by atoms with Crippen LogP contribution in [0.5, 0.6) is 0 Å². The predicted octanol–water partition coefficient (Wildman–Crippen LogP) is 3.87. The highest BCUT2D eigenvalue weighted by atomic mass is 127. The first-order valence-electron chi connectivity index (χ1n) is 5.94. The van der Waals surface area contributed by atoms with E-state index < -0.39 is 0 Å². The van der Waals surface area contributed by atoms with Gasteiger partial charge in [0.15, 0.2) is 0 Å². The summed E-state index contributed by atoms with van der Waals surface area (Å²) >= 11 is 9.45. The molecule has 1 aromatic carbocycles. The van der Waals surface area contributed by atoms with E-state index in [0.717, 1.165) is 16.5 Å². The molecule has 1 heterocycles. The van der Waals surface area contributed by atoms with Crippen molar-refractivity contribution in [3.8, 4) is 0 Å². The van der Waals surface area contributed by atoms with Gasteiger partial charge in [-0.25, -0.2) is 0 Å². The molecule has 20 heavy (non-hydrogen) atoms. The minimum atomic E-state index is -0.310. The Balaban J connectivity index is 2.06. The number of hydrogen-bond donors (Lipinski definition) is 2. The number of benzene rings is 1. The SMILES string of the molecule is CCCNc1nnc(C(=O)Nc2ccc(I)cc2Cl)s1. The molecule has 0 unspecified atom stereocenters. The number of anilines is 2. The highest BCUT2D eigenvalue weighted by molar-refractivity contribution is 14.1. The van der Waals surface area contributed by atoms with Gasteiger partial charge < -0.3 is 10.6 Å². The molecule has 5 nitrogen and oxygen atoms in total. The zero-order valence-electron chi connectivity index (χ0n) is 10.6. The van der Waals surface area contributed by atoms with Gasteiger partial charge in [-0.3, -0.25) is 4.79 Å². The van der Waals surface area contributed by atoms with E-state index in [4.69, 9.17) is 11.6 Å². The highest BCUT2D eigenvalue weighted by Gasteiger charge is 2.14. The fourth-order valence-corrected chi connectivity index (χ4v) is 2.95. The zero-order chi connectivity index (χ0) is 14.5. The van der Waals surface area contributed by atoms with Crippen molar-refractivity contribution in [2.45, 2.75) is 13.3 Å². The van der Waals surface area contributed by atoms with Crippen LogP contribution in [0.15, 0.2) is 18.2 Å². The van der Waals surface area contributed by atoms with Crippen molar-refractivity contribution in [2.24, 2.45) is 0 Å². The second-order valence-electron chi connectivity index (χ2n) is 3.92. The summed E-state index contributed by atoms with van der Waals surface area (Å²) in [6, 6.07) is 5.42. The average Bonchev–Trinajstić information content (AvgIpc) is 2.88. The lowest BCUT2D eigenvalue weighted by Crippen LogP contribution is -2.11. The number of aromatic nitrogens is 2. The number of carbonyl (C=O) groups is 1. The summed E-state index contributed by atoms with van der Waals surface area (Å²) in [5.41, 5.74) is 0.565. The van der Waals surface area contributed by atoms with Crippen LogP contribution in [-0.2, 0) is 0 Å². The molecule has 0 bridgehead atoms. The van der Waals surface area contributed by atoms with Crippen molar-refractivity contribution >= 4 is 62.3 Å². The molecule has 0 aliphatic rings. The van der Waals surface area contributed by atoms with Crippen molar-refractivity contribution in [2.75, 3.05) is 17.2 Å². The summed E-state index contributed by atoms with van der Waals surface area (Å²) in [5.74, 6) is -0.310. The second-order valence-corrected chi connectivity index (χ2v) is 6.55. The number of hydrogen-bond acceptors (Lipinski definition) is 5. The van der Waals surface area contributed by atoms with Crippen molar-refractivity contribution < 1.29 is 4.79 Å². The van der Waals surface area contributed by atoms with Crippen LogP contribution >= 0.6 is 45.5 Å². The Labute approximate surface area is 139 Å². The quantitative estimate of drug-likeness (QED) is 0.718. The Morgan fingerprint density at radius 1 is 1.45 bits per heavy atom. The van der Waals surface area contributed by atoms with Crippen molar-refractivity contribution in [1.29, 1.82) is 0 Å². The molecule has 0 saturated carbocycles. The third-order valence-electron chi connectivity index (χ3n) is 2.32. The first kappa shape index (κ1) is 15.5. The lowest BCUT2D eigenvalue weighted by molar-refractivity contribution is 0.102. The van der Waals surface area contributed by atoms with Gasteiger partial charge in [0.05, 0.1) is 10.7 Å². The van der Waals surface area contributed by atoms with E-state index >= 15 is 0 Å². The number of rotatable bonds is 5. The molecule has 1 amide bonds. The van der Waals surface area contributed by atoms with Gasteiger partial charge >= 0.3 is 0 Å². The molecule has 0 saturated heterocycles. The number of halogens is 2. The Hall–Kier alpha value is -0.930. The van der Waals surface area contributed by atoms with Gasteiger partial charge in [-0.05, 0) is 47.2 Å². The van der Waals surface area contributed by atoms with E-state index in [1.54, 1.807) is 12.1 Å². The number of amides is 1. The highest BCUT2D eigenvalue weighted by Crippen LogP contribution is 2.25. The minimum absolute atomic E-state index is 0.304. The van der Waals surface area contributed by atoms with E-state index in [9.17, 15) is 4.79 Å². The van der Waals surface area contributed by atoms with Crippen LogP contribution in [0.25, 0.3) is 0 Å². The predicted molar refractivity (Wildman–Crippen MR) is 90.8 cm³/mol. The van der Waals surface area contributed by atoms with Gasteiger partial charge in [0.25, 0.3) is 5.91 Å². The lowest BCUT2D eigenvalue weighted by Gasteiger charge is -2.05.